The van der Waals surface area contributed by atoms with Crippen molar-refractivity contribution in [2.24, 2.45) is 0 Å². The van der Waals surface area contributed by atoms with Gasteiger partial charge in [0.1, 0.15) is 0 Å². The molecule has 1 amide bonds. The van der Waals surface area contributed by atoms with Gasteiger partial charge in [0, 0.05) is 6.54 Å². The van der Waals surface area contributed by atoms with Crippen LogP contribution in [0.25, 0.3) is 5.69 Å². The number of amides is 1. The van der Waals surface area contributed by atoms with Crippen molar-refractivity contribution in [3.8, 4) is 11.4 Å². The average Bonchev–Trinajstić information content (AvgIpc) is 2.89. The number of rotatable bonds is 6. The van der Waals surface area contributed by atoms with Crippen LogP contribution in [0.5, 0.6) is 5.75 Å². The largest absolute Gasteiger partial charge is 0.504 e. The number of aromatic nitrogens is 2. The molecule has 2 aromatic rings. The molecule has 0 fully saturated rings. The number of nitrogens with one attached hydrogen (secondary N) is 1. The van der Waals surface area contributed by atoms with Gasteiger partial charge < -0.3 is 15.5 Å². The van der Waals surface area contributed by atoms with E-state index < -0.39 is 12.0 Å². The molecule has 0 saturated heterocycles. The maximum Gasteiger partial charge on any atom is 0.275 e. The van der Waals surface area contributed by atoms with E-state index in [-0.39, 0.29) is 11.4 Å². The molecule has 1 aromatic heterocycles. The van der Waals surface area contributed by atoms with E-state index in [9.17, 15) is 15.0 Å². The van der Waals surface area contributed by atoms with Gasteiger partial charge in [-0.15, -0.1) is 0 Å². The van der Waals surface area contributed by atoms with E-state index in [0.29, 0.717) is 18.9 Å². The SMILES string of the molecule is CC(O)CCNC(=O)c1nn(-c2ccc(C(C)C)cc2)cc1O. The third-order valence-corrected chi connectivity index (χ3v) is 3.58. The Kier molecular flexibility index (Phi) is 5.39. The second-order valence-corrected chi connectivity index (χ2v) is 5.95. The zero-order valence-corrected chi connectivity index (χ0v) is 13.7. The molecule has 3 N–H and O–H groups in total. The molecule has 1 heterocycles. The summed E-state index contributed by atoms with van der Waals surface area (Å²) in [5.74, 6) is -0.196. The predicted molar refractivity (Wildman–Crippen MR) is 87.9 cm³/mol. The number of hydrogen-bond acceptors (Lipinski definition) is 4. The first-order valence-corrected chi connectivity index (χ1v) is 7.73. The quantitative estimate of drug-likeness (QED) is 0.762. The van der Waals surface area contributed by atoms with Crippen molar-refractivity contribution in [3.05, 3.63) is 41.7 Å². The fraction of sp³-hybridized carbons (Fsp3) is 0.412. The summed E-state index contributed by atoms with van der Waals surface area (Å²) in [4.78, 5) is 12.0. The van der Waals surface area contributed by atoms with Gasteiger partial charge in [0.25, 0.3) is 5.91 Å². The Hall–Kier alpha value is -2.34. The van der Waals surface area contributed by atoms with Gasteiger partial charge in [-0.2, -0.15) is 5.10 Å². The van der Waals surface area contributed by atoms with E-state index in [1.54, 1.807) is 6.92 Å². The first-order chi connectivity index (χ1) is 10.9. The van der Waals surface area contributed by atoms with E-state index in [0.717, 1.165) is 5.69 Å². The highest BCUT2D eigenvalue weighted by atomic mass is 16.3. The molecule has 0 aliphatic rings. The van der Waals surface area contributed by atoms with Crippen molar-refractivity contribution in [3.63, 3.8) is 0 Å². The lowest BCUT2D eigenvalue weighted by molar-refractivity contribution is 0.0937. The van der Waals surface area contributed by atoms with E-state index >= 15 is 0 Å². The molecule has 1 unspecified atom stereocenters. The second kappa shape index (κ2) is 7.28. The van der Waals surface area contributed by atoms with Gasteiger partial charge in [0.15, 0.2) is 11.4 Å². The monoisotopic (exact) mass is 317 g/mol. The number of carbonyl (C=O) groups is 1. The summed E-state index contributed by atoms with van der Waals surface area (Å²) in [6.45, 7) is 6.21. The highest BCUT2D eigenvalue weighted by molar-refractivity contribution is 5.94. The molecular weight excluding hydrogens is 294 g/mol. The maximum absolute atomic E-state index is 12.0. The fourth-order valence-corrected chi connectivity index (χ4v) is 2.15. The summed E-state index contributed by atoms with van der Waals surface area (Å²) >= 11 is 0. The molecule has 23 heavy (non-hydrogen) atoms. The van der Waals surface area contributed by atoms with Crippen LogP contribution in [0.2, 0.25) is 0 Å². The van der Waals surface area contributed by atoms with Gasteiger partial charge >= 0.3 is 0 Å². The highest BCUT2D eigenvalue weighted by Gasteiger charge is 2.17. The Morgan fingerprint density at radius 2 is 1.91 bits per heavy atom. The van der Waals surface area contributed by atoms with Crippen molar-refractivity contribution in [2.75, 3.05) is 6.54 Å². The van der Waals surface area contributed by atoms with Crippen LogP contribution in [0.15, 0.2) is 30.5 Å². The summed E-state index contributed by atoms with van der Waals surface area (Å²) in [5, 5.41) is 25.9. The predicted octanol–water partition coefficient (Wildman–Crippen LogP) is 2.20. The Morgan fingerprint density at radius 1 is 1.26 bits per heavy atom. The summed E-state index contributed by atoms with van der Waals surface area (Å²) in [6, 6.07) is 7.80. The van der Waals surface area contributed by atoms with Crippen LogP contribution in [-0.4, -0.2) is 38.5 Å². The van der Waals surface area contributed by atoms with Crippen LogP contribution < -0.4 is 5.32 Å². The van der Waals surface area contributed by atoms with Crippen LogP contribution in [0.3, 0.4) is 0 Å². The zero-order chi connectivity index (χ0) is 17.0. The topological polar surface area (TPSA) is 87.4 Å². The minimum absolute atomic E-state index is 0.0245. The Labute approximate surface area is 135 Å². The minimum atomic E-state index is -0.485. The van der Waals surface area contributed by atoms with Crippen molar-refractivity contribution < 1.29 is 15.0 Å². The molecule has 6 nitrogen and oxygen atoms in total. The van der Waals surface area contributed by atoms with E-state index in [2.05, 4.69) is 24.3 Å². The number of hydrogen-bond donors (Lipinski definition) is 3. The van der Waals surface area contributed by atoms with E-state index in [4.69, 9.17) is 0 Å². The summed E-state index contributed by atoms with van der Waals surface area (Å²) in [6.07, 6.45) is 1.37. The van der Waals surface area contributed by atoms with Crippen molar-refractivity contribution in [1.82, 2.24) is 15.1 Å². The third-order valence-electron chi connectivity index (χ3n) is 3.58. The van der Waals surface area contributed by atoms with Gasteiger partial charge in [-0.25, -0.2) is 4.68 Å². The number of nitrogens with zero attached hydrogens (tertiary/aromatic N) is 2. The van der Waals surface area contributed by atoms with Crippen molar-refractivity contribution in [1.29, 1.82) is 0 Å². The number of carbonyl (C=O) groups excluding carboxylic acids is 1. The minimum Gasteiger partial charge on any atom is -0.504 e. The number of aliphatic hydroxyl groups is 1. The first kappa shape index (κ1) is 17.0. The fourth-order valence-electron chi connectivity index (χ4n) is 2.15. The normalized spacial score (nSPS) is 12.4. The molecule has 1 atom stereocenters. The van der Waals surface area contributed by atoms with Gasteiger partial charge in [0.05, 0.1) is 18.0 Å². The zero-order valence-electron chi connectivity index (χ0n) is 13.7. The number of aliphatic hydroxyl groups excluding tert-OH is 1. The summed E-state index contributed by atoms with van der Waals surface area (Å²) in [7, 11) is 0. The van der Waals surface area contributed by atoms with Crippen LogP contribution in [0.4, 0.5) is 0 Å². The average molecular weight is 317 g/mol. The molecular formula is C17H23N3O3. The molecule has 0 spiro atoms. The van der Waals surface area contributed by atoms with Crippen LogP contribution in [-0.2, 0) is 0 Å². The molecule has 0 aliphatic carbocycles. The van der Waals surface area contributed by atoms with E-state index in [1.807, 2.05) is 24.3 Å². The molecule has 0 bridgehead atoms. The highest BCUT2D eigenvalue weighted by Crippen LogP contribution is 2.20. The maximum atomic E-state index is 12.0. The van der Waals surface area contributed by atoms with Gasteiger partial charge in [-0.3, -0.25) is 4.79 Å². The molecule has 2 rings (SSSR count). The molecule has 1 aromatic carbocycles. The van der Waals surface area contributed by atoms with Crippen LogP contribution >= 0.6 is 0 Å². The van der Waals surface area contributed by atoms with Gasteiger partial charge in [0.2, 0.25) is 0 Å². The number of benzene rings is 1. The summed E-state index contributed by atoms with van der Waals surface area (Å²) < 4.78 is 1.48. The van der Waals surface area contributed by atoms with Crippen LogP contribution in [0, 0.1) is 0 Å². The summed E-state index contributed by atoms with van der Waals surface area (Å²) in [5.41, 5.74) is 1.96. The molecule has 0 radical (unpaired) electrons. The van der Waals surface area contributed by atoms with E-state index in [1.165, 1.54) is 16.4 Å². The first-order valence-electron chi connectivity index (χ1n) is 7.73. The van der Waals surface area contributed by atoms with Crippen LogP contribution in [0.1, 0.15) is 49.2 Å². The molecule has 124 valence electrons. The lowest BCUT2D eigenvalue weighted by Gasteiger charge is -2.07. The third kappa shape index (κ3) is 4.32. The standard InChI is InChI=1S/C17H23N3O3/c1-11(2)13-4-6-14(7-5-13)20-10-15(22)16(19-20)17(23)18-9-8-12(3)21/h4-7,10-12,21-22H,8-9H2,1-3H3,(H,18,23). The molecule has 0 saturated carbocycles. The molecule has 0 aliphatic heterocycles. The van der Waals surface area contributed by atoms with Crippen molar-refractivity contribution >= 4 is 5.91 Å². The van der Waals surface area contributed by atoms with Gasteiger partial charge in [-0.1, -0.05) is 26.0 Å². The Bertz CT molecular complexity index is 660. The second-order valence-electron chi connectivity index (χ2n) is 5.95. The number of aromatic hydroxyl groups is 1. The smallest absolute Gasteiger partial charge is 0.275 e. The molecule has 6 heteroatoms. The Morgan fingerprint density at radius 3 is 2.48 bits per heavy atom. The van der Waals surface area contributed by atoms with Gasteiger partial charge in [-0.05, 0) is 37.0 Å². The lowest BCUT2D eigenvalue weighted by atomic mass is 10.0. The lowest BCUT2D eigenvalue weighted by Crippen LogP contribution is -2.27. The van der Waals surface area contributed by atoms with Crippen molar-refractivity contribution in [2.45, 2.75) is 39.2 Å². The Balaban J connectivity index is 2.12.